The Bertz CT molecular complexity index is 405. The number of rotatable bonds is 6. The van der Waals surface area contributed by atoms with Gasteiger partial charge in [0.05, 0.1) is 9.80 Å². The van der Waals surface area contributed by atoms with Crippen molar-refractivity contribution in [3.05, 3.63) is 27.1 Å². The summed E-state index contributed by atoms with van der Waals surface area (Å²) in [6.45, 7) is 1.90. The van der Waals surface area contributed by atoms with Gasteiger partial charge in [-0.3, -0.25) is 14.9 Å². The van der Waals surface area contributed by atoms with Crippen LogP contribution < -0.4 is 5.32 Å². The van der Waals surface area contributed by atoms with Crippen LogP contribution in [0.2, 0.25) is 0 Å². The minimum atomic E-state index is -0.521. The maximum atomic E-state index is 11.7. The molecule has 1 unspecified atom stereocenters. The first kappa shape index (κ1) is 13.6. The third kappa shape index (κ3) is 3.79. The molecule has 1 heterocycles. The summed E-state index contributed by atoms with van der Waals surface area (Å²) in [6.07, 6.45) is 1.19. The van der Waals surface area contributed by atoms with Crippen molar-refractivity contribution in [3.63, 3.8) is 0 Å². The maximum absolute atomic E-state index is 11.7. The van der Waals surface area contributed by atoms with Crippen LogP contribution in [-0.2, 0) is 0 Å². The first-order valence-electron chi connectivity index (χ1n) is 5.24. The van der Waals surface area contributed by atoms with Crippen LogP contribution in [0.5, 0.6) is 0 Å². The first-order valence-corrected chi connectivity index (χ1v) is 6.06. The van der Waals surface area contributed by atoms with Gasteiger partial charge in [0.2, 0.25) is 0 Å². The van der Waals surface area contributed by atoms with Crippen molar-refractivity contribution in [2.45, 2.75) is 25.8 Å². The molecule has 1 aromatic heterocycles. The van der Waals surface area contributed by atoms with Gasteiger partial charge in [0.15, 0.2) is 0 Å². The highest BCUT2D eigenvalue weighted by atomic mass is 32.1. The van der Waals surface area contributed by atoms with E-state index in [1.807, 2.05) is 6.92 Å². The van der Waals surface area contributed by atoms with Crippen molar-refractivity contribution in [3.8, 4) is 0 Å². The molecule has 0 spiro atoms. The predicted molar refractivity (Wildman–Crippen MR) is 64.2 cm³/mol. The molecule has 7 heteroatoms. The largest absolute Gasteiger partial charge is 0.396 e. The molecule has 0 bridgehead atoms. The molecular formula is C10H14N2O4S. The molecule has 94 valence electrons. The number of thiophene rings is 1. The van der Waals surface area contributed by atoms with E-state index in [1.54, 1.807) is 0 Å². The third-order valence-electron chi connectivity index (χ3n) is 2.30. The van der Waals surface area contributed by atoms with E-state index in [4.69, 9.17) is 5.11 Å². The third-order valence-corrected chi connectivity index (χ3v) is 3.34. The average molecular weight is 258 g/mol. The van der Waals surface area contributed by atoms with E-state index in [9.17, 15) is 14.9 Å². The number of nitrogens with one attached hydrogen (secondary N) is 1. The zero-order valence-electron chi connectivity index (χ0n) is 9.38. The molecule has 6 nitrogen and oxygen atoms in total. The Kier molecular flexibility index (Phi) is 5.05. The van der Waals surface area contributed by atoms with Crippen LogP contribution >= 0.6 is 11.3 Å². The Morgan fingerprint density at radius 3 is 2.82 bits per heavy atom. The summed E-state index contributed by atoms with van der Waals surface area (Å²) in [6, 6.07) is 2.64. The van der Waals surface area contributed by atoms with Crippen molar-refractivity contribution < 1.29 is 14.8 Å². The van der Waals surface area contributed by atoms with Gasteiger partial charge in [-0.1, -0.05) is 18.3 Å². The lowest BCUT2D eigenvalue weighted by molar-refractivity contribution is -0.380. The highest BCUT2D eigenvalue weighted by Crippen LogP contribution is 2.23. The van der Waals surface area contributed by atoms with E-state index in [2.05, 4.69) is 5.32 Å². The van der Waals surface area contributed by atoms with Gasteiger partial charge in [0, 0.05) is 18.7 Å². The second kappa shape index (κ2) is 6.31. The molecule has 1 rings (SSSR count). The minimum Gasteiger partial charge on any atom is -0.396 e. The second-order valence-corrected chi connectivity index (χ2v) is 4.55. The zero-order valence-corrected chi connectivity index (χ0v) is 10.2. The van der Waals surface area contributed by atoms with Crippen molar-refractivity contribution in [1.29, 1.82) is 0 Å². The summed E-state index contributed by atoms with van der Waals surface area (Å²) in [5.74, 6) is -0.330. The van der Waals surface area contributed by atoms with Gasteiger partial charge in [-0.15, -0.1) is 0 Å². The van der Waals surface area contributed by atoms with Crippen LogP contribution in [0.1, 0.15) is 29.4 Å². The molecule has 0 aliphatic carbocycles. The SMILES string of the molecule is CCC(CCO)NC(=O)c1ccc([N+](=O)[O-])s1. The summed E-state index contributed by atoms with van der Waals surface area (Å²) < 4.78 is 0. The van der Waals surface area contributed by atoms with Crippen molar-refractivity contribution in [2.75, 3.05) is 6.61 Å². The van der Waals surface area contributed by atoms with Gasteiger partial charge in [0.1, 0.15) is 0 Å². The zero-order chi connectivity index (χ0) is 12.8. The molecule has 0 aromatic carbocycles. The summed E-state index contributed by atoms with van der Waals surface area (Å²) in [7, 11) is 0. The van der Waals surface area contributed by atoms with Crippen LogP contribution in [0.15, 0.2) is 12.1 Å². The predicted octanol–water partition coefficient (Wildman–Crippen LogP) is 1.55. The Balaban J connectivity index is 2.65. The van der Waals surface area contributed by atoms with E-state index in [1.165, 1.54) is 12.1 Å². The molecular weight excluding hydrogens is 244 g/mol. The Morgan fingerprint density at radius 2 is 2.35 bits per heavy atom. The number of nitro groups is 1. The lowest BCUT2D eigenvalue weighted by Gasteiger charge is -2.14. The number of amides is 1. The summed E-state index contributed by atoms with van der Waals surface area (Å²) in [4.78, 5) is 22.0. The first-order chi connectivity index (χ1) is 8.08. The molecule has 1 aromatic rings. The monoisotopic (exact) mass is 258 g/mol. The average Bonchev–Trinajstić information content (AvgIpc) is 2.77. The molecule has 0 fully saturated rings. The van der Waals surface area contributed by atoms with E-state index < -0.39 is 4.92 Å². The Labute approximate surface area is 102 Å². The molecule has 1 amide bonds. The number of nitrogens with zero attached hydrogens (tertiary/aromatic N) is 1. The number of aliphatic hydroxyl groups excluding tert-OH is 1. The van der Waals surface area contributed by atoms with Crippen LogP contribution in [0.3, 0.4) is 0 Å². The molecule has 0 radical (unpaired) electrons. The fraction of sp³-hybridized carbons (Fsp3) is 0.500. The molecule has 17 heavy (non-hydrogen) atoms. The number of carbonyl (C=O) groups is 1. The van der Waals surface area contributed by atoms with Gasteiger partial charge in [0.25, 0.3) is 5.91 Å². The summed E-state index contributed by atoms with van der Waals surface area (Å²) >= 11 is 0.846. The molecule has 2 N–H and O–H groups in total. The van der Waals surface area contributed by atoms with Crippen LogP contribution in [0, 0.1) is 10.1 Å². The normalized spacial score (nSPS) is 12.1. The number of aliphatic hydroxyl groups is 1. The maximum Gasteiger partial charge on any atom is 0.324 e. The number of carbonyl (C=O) groups excluding carboxylic acids is 1. The lowest BCUT2D eigenvalue weighted by Crippen LogP contribution is -2.34. The molecule has 0 saturated heterocycles. The van der Waals surface area contributed by atoms with E-state index >= 15 is 0 Å². The Hall–Kier alpha value is -1.47. The van der Waals surface area contributed by atoms with Crippen LogP contribution in [0.25, 0.3) is 0 Å². The van der Waals surface area contributed by atoms with Gasteiger partial charge in [-0.2, -0.15) is 0 Å². The van der Waals surface area contributed by atoms with E-state index in [-0.39, 0.29) is 23.6 Å². The van der Waals surface area contributed by atoms with E-state index in [0.29, 0.717) is 17.7 Å². The standard InChI is InChI=1S/C10H14N2O4S/c1-2-7(5-6-13)11-10(14)8-3-4-9(17-8)12(15)16/h3-4,7,13H,2,5-6H2,1H3,(H,11,14). The van der Waals surface area contributed by atoms with Crippen molar-refractivity contribution >= 4 is 22.2 Å². The summed E-state index contributed by atoms with van der Waals surface area (Å²) in [5, 5.41) is 21.9. The second-order valence-electron chi connectivity index (χ2n) is 3.49. The Morgan fingerprint density at radius 1 is 1.65 bits per heavy atom. The smallest absolute Gasteiger partial charge is 0.324 e. The fourth-order valence-electron chi connectivity index (χ4n) is 1.34. The van der Waals surface area contributed by atoms with E-state index in [0.717, 1.165) is 11.3 Å². The lowest BCUT2D eigenvalue weighted by atomic mass is 10.1. The van der Waals surface area contributed by atoms with Crippen LogP contribution in [0.4, 0.5) is 5.00 Å². The molecule has 0 aliphatic rings. The van der Waals surface area contributed by atoms with Crippen molar-refractivity contribution in [2.24, 2.45) is 0 Å². The van der Waals surface area contributed by atoms with Crippen molar-refractivity contribution in [1.82, 2.24) is 5.32 Å². The number of hydrogen-bond acceptors (Lipinski definition) is 5. The van der Waals surface area contributed by atoms with Gasteiger partial charge >= 0.3 is 5.00 Å². The summed E-state index contributed by atoms with van der Waals surface area (Å²) in [5.41, 5.74) is 0. The highest BCUT2D eigenvalue weighted by Gasteiger charge is 2.17. The van der Waals surface area contributed by atoms with Gasteiger partial charge in [-0.05, 0) is 18.9 Å². The van der Waals surface area contributed by atoms with Gasteiger partial charge in [-0.25, -0.2) is 0 Å². The fourth-order valence-corrected chi connectivity index (χ4v) is 2.06. The van der Waals surface area contributed by atoms with Crippen LogP contribution in [-0.4, -0.2) is 28.6 Å². The topological polar surface area (TPSA) is 92.5 Å². The quantitative estimate of drug-likeness (QED) is 0.598. The van der Waals surface area contributed by atoms with Gasteiger partial charge < -0.3 is 10.4 Å². The minimum absolute atomic E-state index is 0.00335. The highest BCUT2D eigenvalue weighted by molar-refractivity contribution is 7.17. The molecule has 1 atom stereocenters. The number of hydrogen-bond donors (Lipinski definition) is 2. The molecule has 0 aliphatic heterocycles. The molecule has 0 saturated carbocycles.